The highest BCUT2D eigenvalue weighted by Gasteiger charge is 1.83. The molecule has 0 atom stereocenters. The molecule has 0 bridgehead atoms. The summed E-state index contributed by atoms with van der Waals surface area (Å²) in [5.74, 6) is 0. The van der Waals surface area contributed by atoms with Gasteiger partial charge >= 0.3 is 0 Å². The Bertz CT molecular complexity index is 140. The predicted molar refractivity (Wildman–Crippen MR) is 33.2 cm³/mol. The van der Waals surface area contributed by atoms with Crippen LogP contribution in [0.15, 0.2) is 16.7 Å². The van der Waals surface area contributed by atoms with Gasteiger partial charge in [0.25, 0.3) is 0 Å². The second-order valence-corrected chi connectivity index (χ2v) is 2.34. The Labute approximate surface area is 50.9 Å². The van der Waals surface area contributed by atoms with Crippen LogP contribution in [0.4, 0.5) is 0 Å². The molecule has 0 saturated carbocycles. The molecule has 1 aromatic rings. The van der Waals surface area contributed by atoms with E-state index in [0.29, 0.717) is 0 Å². The molecule has 38 valence electrons. The molecule has 1 heterocycles. The van der Waals surface area contributed by atoms with Gasteiger partial charge in [-0.25, -0.2) is 0 Å². The second kappa shape index (κ2) is 1.70. The third kappa shape index (κ3) is 1.06. The molecule has 0 unspecified atom stereocenters. The summed E-state index contributed by atoms with van der Waals surface area (Å²) in [7, 11) is 0. The van der Waals surface area contributed by atoms with Gasteiger partial charge in [0.15, 0.2) is 0 Å². The summed E-state index contributed by atoms with van der Waals surface area (Å²) in [4.78, 5) is 3.06. The third-order valence-electron chi connectivity index (χ3n) is 0.796. The molecule has 0 amide bonds. The van der Waals surface area contributed by atoms with E-state index in [9.17, 15) is 0 Å². The number of halogens is 1. The Kier molecular flexibility index (Phi) is 1.19. The maximum Gasteiger partial charge on any atom is 0.0822 e. The summed E-state index contributed by atoms with van der Waals surface area (Å²) in [6.45, 7) is 2.02. The van der Waals surface area contributed by atoms with E-state index in [0.717, 1.165) is 4.60 Å². The first-order valence-electron chi connectivity index (χ1n) is 2.10. The zero-order valence-corrected chi connectivity index (χ0v) is 5.62. The largest absolute Gasteiger partial charge is 0.353 e. The summed E-state index contributed by atoms with van der Waals surface area (Å²) in [5, 5.41) is 0. The molecule has 1 N–H and O–H groups in total. The van der Waals surface area contributed by atoms with E-state index in [1.54, 1.807) is 0 Å². The van der Waals surface area contributed by atoms with Crippen molar-refractivity contribution in [2.75, 3.05) is 0 Å². The van der Waals surface area contributed by atoms with E-state index < -0.39 is 0 Å². The van der Waals surface area contributed by atoms with Crippen LogP contribution in [-0.4, -0.2) is 4.98 Å². The van der Waals surface area contributed by atoms with E-state index in [4.69, 9.17) is 0 Å². The maximum absolute atomic E-state index is 3.28. The fourth-order valence-corrected chi connectivity index (χ4v) is 0.915. The number of aromatic amines is 1. The minimum atomic E-state index is 1.05. The predicted octanol–water partition coefficient (Wildman–Crippen LogP) is 2.09. The van der Waals surface area contributed by atoms with Crippen LogP contribution >= 0.6 is 15.9 Å². The smallest absolute Gasteiger partial charge is 0.0822 e. The molecular weight excluding hydrogens is 154 g/mol. The quantitative estimate of drug-likeness (QED) is 0.597. The summed E-state index contributed by atoms with van der Waals surface area (Å²) in [6.07, 6.45) is 0. The molecule has 0 aromatic carbocycles. The van der Waals surface area contributed by atoms with Crippen molar-refractivity contribution in [2.24, 2.45) is 0 Å². The molecule has 0 aliphatic heterocycles. The van der Waals surface area contributed by atoms with Crippen molar-refractivity contribution >= 4 is 15.9 Å². The van der Waals surface area contributed by atoms with E-state index in [1.165, 1.54) is 5.69 Å². The lowest BCUT2D eigenvalue weighted by Gasteiger charge is -1.75. The van der Waals surface area contributed by atoms with Gasteiger partial charge < -0.3 is 4.98 Å². The Morgan fingerprint density at radius 1 is 1.57 bits per heavy atom. The number of hydrogen-bond acceptors (Lipinski definition) is 0. The first-order valence-corrected chi connectivity index (χ1v) is 2.89. The lowest BCUT2D eigenvalue weighted by molar-refractivity contribution is 1.24. The highest BCUT2D eigenvalue weighted by atomic mass is 79.9. The van der Waals surface area contributed by atoms with Crippen LogP contribution < -0.4 is 0 Å². The molecule has 0 aliphatic carbocycles. The number of rotatable bonds is 0. The average molecular weight is 160 g/mol. The van der Waals surface area contributed by atoms with Gasteiger partial charge in [0.1, 0.15) is 0 Å². The van der Waals surface area contributed by atoms with Gasteiger partial charge in [-0.1, -0.05) is 0 Å². The Balaban J connectivity index is 3.04. The molecule has 1 rings (SSSR count). The molecule has 1 nitrogen and oxygen atoms in total. The minimum Gasteiger partial charge on any atom is -0.353 e. The van der Waals surface area contributed by atoms with Crippen LogP contribution in [-0.2, 0) is 0 Å². The average Bonchev–Trinajstić information content (AvgIpc) is 1.87. The van der Waals surface area contributed by atoms with Crippen LogP contribution in [0.3, 0.4) is 0 Å². The molecule has 2 heteroatoms. The first kappa shape index (κ1) is 4.91. The third-order valence-corrected chi connectivity index (χ3v) is 1.26. The number of aryl methyl sites for hydroxylation is 1. The zero-order chi connectivity index (χ0) is 5.28. The molecule has 0 fully saturated rings. The fraction of sp³-hybridized carbons (Fsp3) is 0.200. The minimum absolute atomic E-state index is 1.05. The Hall–Kier alpha value is -0.240. The van der Waals surface area contributed by atoms with Crippen molar-refractivity contribution in [1.82, 2.24) is 4.98 Å². The Morgan fingerprint density at radius 2 is 2.29 bits per heavy atom. The van der Waals surface area contributed by atoms with Gasteiger partial charge in [-0.05, 0) is 35.0 Å². The zero-order valence-electron chi connectivity index (χ0n) is 4.03. The van der Waals surface area contributed by atoms with Crippen LogP contribution in [0, 0.1) is 6.92 Å². The topological polar surface area (TPSA) is 15.8 Å². The summed E-state index contributed by atoms with van der Waals surface area (Å²) >= 11 is 3.28. The SMILES string of the molecule is Cc1ccc(Br)[nH]1. The highest BCUT2D eigenvalue weighted by Crippen LogP contribution is 2.06. The van der Waals surface area contributed by atoms with Crippen molar-refractivity contribution in [3.63, 3.8) is 0 Å². The molecular formula is C5H6BrN. The van der Waals surface area contributed by atoms with Crippen LogP contribution in [0.2, 0.25) is 0 Å². The summed E-state index contributed by atoms with van der Waals surface area (Å²) < 4.78 is 1.05. The van der Waals surface area contributed by atoms with Crippen molar-refractivity contribution < 1.29 is 0 Å². The normalized spacial score (nSPS) is 9.43. The van der Waals surface area contributed by atoms with E-state index in [2.05, 4.69) is 20.9 Å². The van der Waals surface area contributed by atoms with Crippen molar-refractivity contribution in [2.45, 2.75) is 6.92 Å². The van der Waals surface area contributed by atoms with Gasteiger partial charge in [0, 0.05) is 5.69 Å². The summed E-state index contributed by atoms with van der Waals surface area (Å²) in [6, 6.07) is 4.00. The standard InChI is InChI=1S/C5H6BrN/c1-4-2-3-5(6)7-4/h2-3,7H,1H3. The fourth-order valence-electron chi connectivity index (χ4n) is 0.470. The van der Waals surface area contributed by atoms with Crippen LogP contribution in [0.1, 0.15) is 5.69 Å². The van der Waals surface area contributed by atoms with Gasteiger partial charge in [-0.3, -0.25) is 0 Å². The second-order valence-electron chi connectivity index (χ2n) is 1.49. The van der Waals surface area contributed by atoms with Gasteiger partial charge in [0.05, 0.1) is 4.60 Å². The number of aromatic nitrogens is 1. The molecule has 0 spiro atoms. The maximum atomic E-state index is 3.28. The number of H-pyrrole nitrogens is 1. The summed E-state index contributed by atoms with van der Waals surface area (Å²) in [5.41, 5.74) is 1.19. The van der Waals surface area contributed by atoms with Gasteiger partial charge in [-0.2, -0.15) is 0 Å². The molecule has 0 radical (unpaired) electrons. The number of hydrogen-bond donors (Lipinski definition) is 1. The number of nitrogens with one attached hydrogen (secondary N) is 1. The highest BCUT2D eigenvalue weighted by molar-refractivity contribution is 9.10. The van der Waals surface area contributed by atoms with Gasteiger partial charge in [-0.15, -0.1) is 0 Å². The molecule has 0 saturated heterocycles. The lowest BCUT2D eigenvalue weighted by atomic mass is 10.5. The van der Waals surface area contributed by atoms with E-state index >= 15 is 0 Å². The first-order chi connectivity index (χ1) is 3.29. The molecule has 7 heavy (non-hydrogen) atoms. The van der Waals surface area contributed by atoms with E-state index in [-0.39, 0.29) is 0 Å². The molecule has 0 aliphatic rings. The Morgan fingerprint density at radius 3 is 2.43 bits per heavy atom. The lowest BCUT2D eigenvalue weighted by Crippen LogP contribution is -1.63. The van der Waals surface area contributed by atoms with Crippen molar-refractivity contribution in [3.05, 3.63) is 22.4 Å². The monoisotopic (exact) mass is 159 g/mol. The van der Waals surface area contributed by atoms with Crippen molar-refractivity contribution in [3.8, 4) is 0 Å². The van der Waals surface area contributed by atoms with Crippen molar-refractivity contribution in [1.29, 1.82) is 0 Å². The van der Waals surface area contributed by atoms with Gasteiger partial charge in [0.2, 0.25) is 0 Å². The van der Waals surface area contributed by atoms with Crippen LogP contribution in [0.25, 0.3) is 0 Å². The van der Waals surface area contributed by atoms with E-state index in [1.807, 2.05) is 19.1 Å². The van der Waals surface area contributed by atoms with Crippen LogP contribution in [0.5, 0.6) is 0 Å². The molecule has 1 aromatic heterocycles.